The molecule has 0 unspecified atom stereocenters. The highest BCUT2D eigenvalue weighted by atomic mass is 35.5. The van der Waals surface area contributed by atoms with Crippen molar-refractivity contribution in [3.63, 3.8) is 0 Å². The van der Waals surface area contributed by atoms with E-state index in [2.05, 4.69) is 4.99 Å². The van der Waals surface area contributed by atoms with Crippen LogP contribution in [0, 0.1) is 5.82 Å². The Kier molecular flexibility index (Phi) is 8.37. The van der Waals surface area contributed by atoms with Crippen LogP contribution in [0.2, 0.25) is 5.02 Å². The third-order valence-electron chi connectivity index (χ3n) is 6.49. The number of ether oxygens (including phenoxy) is 3. The predicted octanol–water partition coefficient (Wildman–Crippen LogP) is 5.18. The van der Waals surface area contributed by atoms with E-state index < -0.39 is 17.8 Å². The number of rotatable bonds is 8. The number of carbonyl (C=O) groups is 1. The molecule has 3 aromatic carbocycles. The third-order valence-corrected chi connectivity index (χ3v) is 7.71. The van der Waals surface area contributed by atoms with Gasteiger partial charge in [0.05, 0.1) is 35.6 Å². The number of carbonyl (C=O) groups excluding carboxylic acids is 1. The topological polar surface area (TPSA) is 79.1 Å². The van der Waals surface area contributed by atoms with Gasteiger partial charge < -0.3 is 14.2 Å². The molecule has 1 aliphatic heterocycles. The number of methoxy groups -OCH3 is 1. The number of esters is 1. The first-order valence-electron chi connectivity index (χ1n) is 12.8. The fraction of sp³-hybridized carbons (Fsp3) is 0.194. The second-order valence-corrected chi connectivity index (χ2v) is 10.6. The average Bonchev–Trinajstić information content (AvgIpc) is 3.26. The van der Waals surface area contributed by atoms with E-state index in [0.29, 0.717) is 42.7 Å². The van der Waals surface area contributed by atoms with Crippen molar-refractivity contribution in [2.45, 2.75) is 26.5 Å². The van der Waals surface area contributed by atoms with Gasteiger partial charge in [0, 0.05) is 10.6 Å². The van der Waals surface area contributed by atoms with Gasteiger partial charge in [-0.25, -0.2) is 14.2 Å². The number of hydrogen-bond acceptors (Lipinski definition) is 7. The minimum absolute atomic E-state index is 0.157. The van der Waals surface area contributed by atoms with Crippen LogP contribution < -0.4 is 24.4 Å². The Balaban J connectivity index is 1.64. The van der Waals surface area contributed by atoms with Crippen LogP contribution >= 0.6 is 22.9 Å². The number of allylic oxidation sites excluding steroid dienone is 1. The van der Waals surface area contributed by atoms with Gasteiger partial charge in [-0.1, -0.05) is 59.3 Å². The van der Waals surface area contributed by atoms with Crippen LogP contribution in [0.1, 0.15) is 36.6 Å². The molecular formula is C31H26ClFN2O5S. The summed E-state index contributed by atoms with van der Waals surface area (Å²) in [6, 6.07) is 17.6. The van der Waals surface area contributed by atoms with Crippen molar-refractivity contribution in [1.82, 2.24) is 4.57 Å². The summed E-state index contributed by atoms with van der Waals surface area (Å²) in [7, 11) is 1.54. The second kappa shape index (κ2) is 12.1. The molecule has 0 amide bonds. The Hall–Kier alpha value is -4.21. The maximum Gasteiger partial charge on any atom is 0.338 e. The lowest BCUT2D eigenvalue weighted by atomic mass is 9.96. The number of fused-ring (bicyclic) bond motifs is 1. The van der Waals surface area contributed by atoms with Crippen LogP contribution in [0.5, 0.6) is 11.5 Å². The molecule has 0 bridgehead atoms. The van der Waals surface area contributed by atoms with E-state index in [9.17, 15) is 14.0 Å². The molecule has 0 radical (unpaired) electrons. The lowest BCUT2D eigenvalue weighted by Gasteiger charge is -2.24. The third kappa shape index (κ3) is 5.82. The molecule has 0 fully saturated rings. The Morgan fingerprint density at radius 2 is 1.90 bits per heavy atom. The highest BCUT2D eigenvalue weighted by Crippen LogP contribution is 2.33. The van der Waals surface area contributed by atoms with Crippen LogP contribution in [0.25, 0.3) is 6.08 Å². The van der Waals surface area contributed by atoms with Crippen LogP contribution in [0.4, 0.5) is 4.39 Å². The van der Waals surface area contributed by atoms with Gasteiger partial charge in [-0.2, -0.15) is 0 Å². The Morgan fingerprint density at radius 3 is 2.61 bits per heavy atom. The zero-order valence-corrected chi connectivity index (χ0v) is 24.1. The van der Waals surface area contributed by atoms with Gasteiger partial charge >= 0.3 is 5.97 Å². The lowest BCUT2D eigenvalue weighted by Crippen LogP contribution is -2.39. The number of aromatic nitrogens is 1. The number of hydrogen-bond donors (Lipinski definition) is 0. The molecule has 5 rings (SSSR count). The second-order valence-electron chi connectivity index (χ2n) is 9.15. The highest BCUT2D eigenvalue weighted by Gasteiger charge is 2.33. The molecule has 0 saturated carbocycles. The summed E-state index contributed by atoms with van der Waals surface area (Å²) in [5.41, 5.74) is 2.34. The number of nitrogens with zero attached hydrogens (tertiary/aromatic N) is 2. The number of halogens is 2. The molecule has 7 nitrogen and oxygen atoms in total. The molecule has 41 heavy (non-hydrogen) atoms. The van der Waals surface area contributed by atoms with E-state index in [1.165, 1.54) is 28.0 Å². The molecule has 4 aromatic rings. The number of para-hydroxylation sites is 1. The summed E-state index contributed by atoms with van der Waals surface area (Å²) in [6.45, 7) is 3.79. The zero-order valence-electron chi connectivity index (χ0n) is 22.5. The molecule has 2 heterocycles. The fourth-order valence-electron chi connectivity index (χ4n) is 4.64. The maximum atomic E-state index is 13.9. The van der Waals surface area contributed by atoms with E-state index in [4.69, 9.17) is 25.8 Å². The van der Waals surface area contributed by atoms with E-state index in [1.54, 1.807) is 57.4 Å². The summed E-state index contributed by atoms with van der Waals surface area (Å²) >= 11 is 7.31. The zero-order chi connectivity index (χ0) is 29.1. The molecule has 10 heteroatoms. The largest absolute Gasteiger partial charge is 0.493 e. The van der Waals surface area contributed by atoms with Gasteiger partial charge in [-0.15, -0.1) is 0 Å². The van der Waals surface area contributed by atoms with Gasteiger partial charge in [0.25, 0.3) is 5.56 Å². The lowest BCUT2D eigenvalue weighted by molar-refractivity contribution is -0.139. The van der Waals surface area contributed by atoms with E-state index >= 15 is 0 Å². The monoisotopic (exact) mass is 592 g/mol. The van der Waals surface area contributed by atoms with E-state index in [0.717, 1.165) is 5.56 Å². The van der Waals surface area contributed by atoms with Crippen molar-refractivity contribution in [1.29, 1.82) is 0 Å². The van der Waals surface area contributed by atoms with Crippen molar-refractivity contribution in [2.24, 2.45) is 4.99 Å². The first-order chi connectivity index (χ1) is 19.8. The van der Waals surface area contributed by atoms with Gasteiger partial charge in [0.15, 0.2) is 16.3 Å². The Bertz CT molecular complexity index is 1830. The summed E-state index contributed by atoms with van der Waals surface area (Å²) in [5.74, 6) is -0.0535. The Morgan fingerprint density at radius 1 is 1.15 bits per heavy atom. The van der Waals surface area contributed by atoms with Crippen molar-refractivity contribution in [3.8, 4) is 11.5 Å². The first-order valence-corrected chi connectivity index (χ1v) is 14.0. The van der Waals surface area contributed by atoms with Gasteiger partial charge in [0.2, 0.25) is 0 Å². The smallest absolute Gasteiger partial charge is 0.338 e. The fourth-order valence-corrected chi connectivity index (χ4v) is 5.89. The van der Waals surface area contributed by atoms with Crippen molar-refractivity contribution >= 4 is 35.0 Å². The summed E-state index contributed by atoms with van der Waals surface area (Å²) in [5, 5.41) is 0.598. The first kappa shape index (κ1) is 28.3. The van der Waals surface area contributed by atoms with E-state index in [-0.39, 0.29) is 24.3 Å². The van der Waals surface area contributed by atoms with Crippen molar-refractivity contribution in [2.75, 3.05) is 13.7 Å². The summed E-state index contributed by atoms with van der Waals surface area (Å²) in [4.78, 5) is 32.0. The summed E-state index contributed by atoms with van der Waals surface area (Å²) in [6.07, 6.45) is 1.71. The van der Waals surface area contributed by atoms with Crippen molar-refractivity contribution < 1.29 is 23.4 Å². The van der Waals surface area contributed by atoms with Crippen LogP contribution in [0.3, 0.4) is 0 Å². The minimum atomic E-state index is -0.836. The van der Waals surface area contributed by atoms with E-state index in [1.807, 2.05) is 24.3 Å². The van der Waals surface area contributed by atoms with Crippen LogP contribution in [-0.2, 0) is 16.1 Å². The molecule has 0 saturated heterocycles. The molecule has 1 aromatic heterocycles. The predicted molar refractivity (Wildman–Crippen MR) is 156 cm³/mol. The molecule has 0 N–H and O–H groups in total. The number of benzene rings is 3. The van der Waals surface area contributed by atoms with Gasteiger partial charge in [-0.3, -0.25) is 9.36 Å². The van der Waals surface area contributed by atoms with Gasteiger partial charge in [-0.05, 0) is 61.4 Å². The van der Waals surface area contributed by atoms with Gasteiger partial charge in [0.1, 0.15) is 12.4 Å². The van der Waals surface area contributed by atoms with Crippen molar-refractivity contribution in [3.05, 3.63) is 125 Å². The summed E-state index contributed by atoms with van der Waals surface area (Å²) < 4.78 is 32.6. The van der Waals surface area contributed by atoms with Crippen LogP contribution in [-0.4, -0.2) is 24.3 Å². The molecule has 210 valence electrons. The molecule has 1 atom stereocenters. The molecule has 1 aliphatic rings. The molecule has 0 spiro atoms. The molecule has 0 aliphatic carbocycles. The normalized spacial score (nSPS) is 14.9. The standard InChI is InChI=1S/C31H26ClFN2O5S/c1-4-39-30(37)26-18(2)34-31-35(27(26)20-11-13-23(33)14-12-20)29(36)25(41-31)16-21-8-6-10-24(38-3)28(21)40-17-19-7-5-9-22(32)15-19/h5-16,27H,4,17H2,1-3H3/b25-16-/t27-/m1/s1. The minimum Gasteiger partial charge on any atom is -0.493 e. The maximum absolute atomic E-state index is 13.9. The quantitative estimate of drug-likeness (QED) is 0.264. The highest BCUT2D eigenvalue weighted by molar-refractivity contribution is 7.07. The SMILES string of the molecule is CCOC(=O)C1=C(C)N=c2s/c(=C\c3cccc(OC)c3OCc3cccc(Cl)c3)c(=O)n2[C@@H]1c1ccc(F)cc1. The number of thiazole rings is 1. The molecular weight excluding hydrogens is 567 g/mol. The Labute approximate surface area is 244 Å². The van der Waals surface area contributed by atoms with Crippen LogP contribution in [0.15, 0.2) is 87.8 Å². The average molecular weight is 593 g/mol.